The first-order valence-electron chi connectivity index (χ1n) is 5.89. The van der Waals surface area contributed by atoms with Crippen LogP contribution < -0.4 is 5.32 Å². The van der Waals surface area contributed by atoms with Gasteiger partial charge in [0.15, 0.2) is 0 Å². The summed E-state index contributed by atoms with van der Waals surface area (Å²) >= 11 is 1.85. The molecule has 0 saturated carbocycles. The van der Waals surface area contributed by atoms with Crippen LogP contribution in [0.5, 0.6) is 0 Å². The van der Waals surface area contributed by atoms with Crippen LogP contribution >= 0.6 is 11.3 Å². The number of nitrogens with one attached hydrogen (secondary N) is 1. The van der Waals surface area contributed by atoms with Crippen LogP contribution in [0.2, 0.25) is 0 Å². The number of rotatable bonds is 7. The number of nitrogens with zero attached hydrogens (tertiary/aromatic N) is 1. The molecule has 92 valence electrons. The monoisotopic (exact) mass is 240 g/mol. The summed E-state index contributed by atoms with van der Waals surface area (Å²) in [4.78, 5) is 3.91. The van der Waals surface area contributed by atoms with Crippen molar-refractivity contribution in [2.75, 3.05) is 33.7 Å². The maximum atomic E-state index is 3.26. The van der Waals surface area contributed by atoms with Crippen LogP contribution in [-0.4, -0.2) is 38.6 Å². The van der Waals surface area contributed by atoms with E-state index >= 15 is 0 Å². The van der Waals surface area contributed by atoms with Crippen LogP contribution in [0.4, 0.5) is 0 Å². The Bertz CT molecular complexity index is 280. The van der Waals surface area contributed by atoms with Gasteiger partial charge < -0.3 is 10.2 Å². The van der Waals surface area contributed by atoms with Crippen molar-refractivity contribution in [3.05, 3.63) is 22.4 Å². The van der Waals surface area contributed by atoms with Crippen molar-refractivity contribution in [3.8, 4) is 0 Å². The average Bonchev–Trinajstić information content (AvgIpc) is 2.66. The normalized spacial score (nSPS) is 12.3. The van der Waals surface area contributed by atoms with E-state index in [1.165, 1.54) is 11.3 Å². The molecule has 0 saturated heterocycles. The molecule has 0 atom stereocenters. The van der Waals surface area contributed by atoms with E-state index < -0.39 is 0 Å². The fraction of sp³-hybridized carbons (Fsp3) is 0.692. The van der Waals surface area contributed by atoms with E-state index in [4.69, 9.17) is 0 Å². The van der Waals surface area contributed by atoms with E-state index in [0.29, 0.717) is 5.41 Å². The minimum absolute atomic E-state index is 0.346. The second-order valence-corrected chi connectivity index (χ2v) is 6.29. The summed E-state index contributed by atoms with van der Waals surface area (Å²) in [6.07, 6.45) is 1.17. The van der Waals surface area contributed by atoms with Gasteiger partial charge >= 0.3 is 0 Å². The summed E-state index contributed by atoms with van der Waals surface area (Å²) in [6.45, 7) is 7.97. The molecule has 16 heavy (non-hydrogen) atoms. The fourth-order valence-electron chi connectivity index (χ4n) is 2.10. The molecule has 1 aromatic rings. The summed E-state index contributed by atoms with van der Waals surface area (Å²) in [5.74, 6) is 0. The predicted octanol–water partition coefficient (Wildman–Crippen LogP) is 2.47. The first kappa shape index (κ1) is 13.7. The SMILES string of the molecule is CNCC(C)(C)CN(C)CCc1cccs1. The van der Waals surface area contributed by atoms with E-state index in [9.17, 15) is 0 Å². The van der Waals surface area contributed by atoms with Gasteiger partial charge in [-0.25, -0.2) is 0 Å². The third-order valence-electron chi connectivity index (χ3n) is 2.67. The van der Waals surface area contributed by atoms with Gasteiger partial charge in [0.2, 0.25) is 0 Å². The van der Waals surface area contributed by atoms with E-state index in [-0.39, 0.29) is 0 Å². The molecule has 3 heteroatoms. The Hall–Kier alpha value is -0.380. The highest BCUT2D eigenvalue weighted by molar-refractivity contribution is 7.09. The minimum Gasteiger partial charge on any atom is -0.319 e. The van der Waals surface area contributed by atoms with Gasteiger partial charge in [0, 0.05) is 24.5 Å². The standard InChI is InChI=1S/C13H24N2S/c1-13(2,10-14-3)11-15(4)8-7-12-6-5-9-16-12/h5-6,9,14H,7-8,10-11H2,1-4H3. The summed E-state index contributed by atoms with van der Waals surface area (Å²) in [5.41, 5.74) is 0.346. The summed E-state index contributed by atoms with van der Waals surface area (Å²) in [6, 6.07) is 4.35. The van der Waals surface area contributed by atoms with Crippen molar-refractivity contribution in [2.45, 2.75) is 20.3 Å². The van der Waals surface area contributed by atoms with Crippen LogP contribution in [0.25, 0.3) is 0 Å². The van der Waals surface area contributed by atoms with Gasteiger partial charge in [0.1, 0.15) is 0 Å². The molecule has 0 aliphatic carbocycles. The third kappa shape index (κ3) is 5.10. The summed E-state index contributed by atoms with van der Waals surface area (Å²) in [5, 5.41) is 5.41. The molecule has 0 aliphatic heterocycles. The highest BCUT2D eigenvalue weighted by Crippen LogP contribution is 2.16. The zero-order chi connectivity index (χ0) is 12.0. The Morgan fingerprint density at radius 3 is 2.75 bits per heavy atom. The molecular formula is C13H24N2S. The lowest BCUT2D eigenvalue weighted by molar-refractivity contribution is 0.209. The Labute approximate surface area is 104 Å². The van der Waals surface area contributed by atoms with Crippen LogP contribution in [-0.2, 0) is 6.42 Å². The molecular weight excluding hydrogens is 216 g/mol. The number of thiophene rings is 1. The largest absolute Gasteiger partial charge is 0.319 e. The molecule has 0 aliphatic rings. The van der Waals surface area contributed by atoms with E-state index in [1.54, 1.807) is 0 Å². The molecule has 0 radical (unpaired) electrons. The molecule has 0 bridgehead atoms. The highest BCUT2D eigenvalue weighted by Gasteiger charge is 2.18. The van der Waals surface area contributed by atoms with Gasteiger partial charge in [-0.3, -0.25) is 0 Å². The molecule has 2 nitrogen and oxygen atoms in total. The smallest absolute Gasteiger partial charge is 0.00579 e. The van der Waals surface area contributed by atoms with E-state index in [0.717, 1.165) is 19.6 Å². The van der Waals surface area contributed by atoms with E-state index in [2.05, 4.69) is 48.6 Å². The zero-order valence-corrected chi connectivity index (χ0v) is 11.7. The summed E-state index contributed by atoms with van der Waals surface area (Å²) < 4.78 is 0. The summed E-state index contributed by atoms with van der Waals surface area (Å²) in [7, 11) is 4.23. The quantitative estimate of drug-likeness (QED) is 0.787. The van der Waals surface area contributed by atoms with Crippen LogP contribution in [0.15, 0.2) is 17.5 Å². The van der Waals surface area contributed by atoms with Gasteiger partial charge in [-0.15, -0.1) is 11.3 Å². The molecule has 0 aromatic carbocycles. The molecule has 1 N–H and O–H groups in total. The van der Waals surface area contributed by atoms with Crippen LogP contribution in [0.3, 0.4) is 0 Å². The van der Waals surface area contributed by atoms with Crippen molar-refractivity contribution in [3.63, 3.8) is 0 Å². The molecule has 0 amide bonds. The van der Waals surface area contributed by atoms with Crippen LogP contribution in [0, 0.1) is 5.41 Å². The Balaban J connectivity index is 2.27. The Kier molecular flexibility index (Phi) is 5.46. The Morgan fingerprint density at radius 2 is 2.19 bits per heavy atom. The molecule has 1 aromatic heterocycles. The molecule has 0 unspecified atom stereocenters. The van der Waals surface area contributed by atoms with Gasteiger partial charge in [0.05, 0.1) is 0 Å². The minimum atomic E-state index is 0.346. The maximum absolute atomic E-state index is 3.26. The fourth-order valence-corrected chi connectivity index (χ4v) is 2.80. The van der Waals surface area contributed by atoms with Crippen molar-refractivity contribution in [1.82, 2.24) is 10.2 Å². The van der Waals surface area contributed by atoms with Gasteiger partial charge in [0.25, 0.3) is 0 Å². The molecule has 1 rings (SSSR count). The number of hydrogen-bond donors (Lipinski definition) is 1. The van der Waals surface area contributed by atoms with Crippen molar-refractivity contribution in [1.29, 1.82) is 0 Å². The van der Waals surface area contributed by atoms with E-state index in [1.807, 2.05) is 18.4 Å². The molecule has 0 spiro atoms. The lowest BCUT2D eigenvalue weighted by Gasteiger charge is -2.30. The number of hydrogen-bond acceptors (Lipinski definition) is 3. The first-order valence-corrected chi connectivity index (χ1v) is 6.77. The zero-order valence-electron chi connectivity index (χ0n) is 10.9. The Morgan fingerprint density at radius 1 is 1.44 bits per heavy atom. The third-order valence-corrected chi connectivity index (χ3v) is 3.61. The second-order valence-electron chi connectivity index (χ2n) is 5.26. The number of likely N-dealkylation sites (N-methyl/N-ethyl adjacent to an activating group) is 1. The highest BCUT2D eigenvalue weighted by atomic mass is 32.1. The lowest BCUT2D eigenvalue weighted by atomic mass is 9.93. The molecule has 0 fully saturated rings. The van der Waals surface area contributed by atoms with Gasteiger partial charge in [-0.1, -0.05) is 19.9 Å². The van der Waals surface area contributed by atoms with Gasteiger partial charge in [-0.05, 0) is 37.4 Å². The lowest BCUT2D eigenvalue weighted by Crippen LogP contribution is -2.38. The molecule has 1 heterocycles. The predicted molar refractivity (Wildman–Crippen MR) is 73.2 cm³/mol. The van der Waals surface area contributed by atoms with Gasteiger partial charge in [-0.2, -0.15) is 0 Å². The maximum Gasteiger partial charge on any atom is 0.00579 e. The van der Waals surface area contributed by atoms with Crippen molar-refractivity contribution < 1.29 is 0 Å². The van der Waals surface area contributed by atoms with Crippen molar-refractivity contribution in [2.24, 2.45) is 5.41 Å². The average molecular weight is 240 g/mol. The topological polar surface area (TPSA) is 15.3 Å². The first-order chi connectivity index (χ1) is 7.53. The van der Waals surface area contributed by atoms with Crippen LogP contribution in [0.1, 0.15) is 18.7 Å². The van der Waals surface area contributed by atoms with Crippen molar-refractivity contribution >= 4 is 11.3 Å². The second kappa shape index (κ2) is 6.38.